The molecule has 1 aromatic heterocycles. The first kappa shape index (κ1) is 19.3. The average Bonchev–Trinajstić information content (AvgIpc) is 3.03. The van der Waals surface area contributed by atoms with Gasteiger partial charge in [-0.05, 0) is 31.3 Å². The molecule has 0 fully saturated rings. The first-order valence-corrected chi connectivity index (χ1v) is 9.02. The van der Waals surface area contributed by atoms with Crippen molar-refractivity contribution in [1.82, 2.24) is 10.0 Å². The molecular formula is C14H12F4N2O3S2. The van der Waals surface area contributed by atoms with Crippen LogP contribution in [-0.2, 0) is 22.7 Å². The van der Waals surface area contributed by atoms with Gasteiger partial charge in [-0.1, -0.05) is 6.07 Å². The molecule has 1 heterocycles. The smallest absolute Gasteiger partial charge is 0.347 e. The van der Waals surface area contributed by atoms with Crippen LogP contribution in [0.3, 0.4) is 0 Å². The summed E-state index contributed by atoms with van der Waals surface area (Å²) in [5.74, 6) is -1.76. The second-order valence-electron chi connectivity index (χ2n) is 4.81. The molecule has 25 heavy (non-hydrogen) atoms. The summed E-state index contributed by atoms with van der Waals surface area (Å²) in [6.07, 6.45) is -4.66. The Kier molecular flexibility index (Phi) is 5.49. The maximum absolute atomic E-state index is 13.7. The average molecular weight is 396 g/mol. The second-order valence-corrected chi connectivity index (χ2v) is 8.01. The predicted molar refractivity (Wildman–Crippen MR) is 83.1 cm³/mol. The highest BCUT2D eigenvalue weighted by Gasteiger charge is 2.31. The van der Waals surface area contributed by atoms with Crippen LogP contribution >= 0.6 is 11.3 Å². The number of hydrogen-bond donors (Lipinski definition) is 2. The summed E-state index contributed by atoms with van der Waals surface area (Å²) in [5.41, 5.74) is -1.25. The van der Waals surface area contributed by atoms with Crippen molar-refractivity contribution in [3.05, 3.63) is 52.2 Å². The zero-order valence-corrected chi connectivity index (χ0v) is 14.3. The third-order valence-corrected chi connectivity index (χ3v) is 6.15. The molecule has 0 radical (unpaired) electrons. The van der Waals surface area contributed by atoms with Crippen molar-refractivity contribution in [2.75, 3.05) is 7.05 Å². The molecule has 5 nitrogen and oxygen atoms in total. The molecule has 1 amide bonds. The zero-order valence-electron chi connectivity index (χ0n) is 12.6. The molecule has 0 aliphatic heterocycles. The van der Waals surface area contributed by atoms with E-state index < -0.39 is 33.5 Å². The molecule has 136 valence electrons. The van der Waals surface area contributed by atoms with Crippen molar-refractivity contribution in [1.29, 1.82) is 0 Å². The Hall–Kier alpha value is -1.98. The minimum absolute atomic E-state index is 0.0686. The lowest BCUT2D eigenvalue weighted by molar-refractivity contribution is -0.137. The van der Waals surface area contributed by atoms with Gasteiger partial charge >= 0.3 is 6.18 Å². The van der Waals surface area contributed by atoms with Gasteiger partial charge in [0.2, 0.25) is 10.0 Å². The third kappa shape index (κ3) is 4.55. The highest BCUT2D eigenvalue weighted by atomic mass is 32.2. The highest BCUT2D eigenvalue weighted by molar-refractivity contribution is 7.91. The van der Waals surface area contributed by atoms with Crippen LogP contribution in [0.2, 0.25) is 0 Å². The Morgan fingerprint density at radius 1 is 1.20 bits per heavy atom. The van der Waals surface area contributed by atoms with Crippen molar-refractivity contribution >= 4 is 27.3 Å². The van der Waals surface area contributed by atoms with Crippen LogP contribution in [0.1, 0.15) is 20.8 Å². The lowest BCUT2D eigenvalue weighted by Crippen LogP contribution is -2.22. The van der Waals surface area contributed by atoms with Crippen LogP contribution in [0.5, 0.6) is 0 Å². The molecule has 0 aliphatic rings. The topological polar surface area (TPSA) is 75.3 Å². The van der Waals surface area contributed by atoms with E-state index in [4.69, 9.17) is 0 Å². The van der Waals surface area contributed by atoms with E-state index in [1.165, 1.54) is 19.2 Å². The van der Waals surface area contributed by atoms with E-state index in [0.29, 0.717) is 23.5 Å². The number of amides is 1. The molecule has 0 saturated carbocycles. The molecule has 1 aromatic carbocycles. The van der Waals surface area contributed by atoms with E-state index in [1.807, 2.05) is 0 Å². The van der Waals surface area contributed by atoms with E-state index in [9.17, 15) is 30.8 Å². The maximum Gasteiger partial charge on any atom is 0.416 e. The molecule has 2 aromatic rings. The van der Waals surface area contributed by atoms with Crippen LogP contribution in [0.15, 0.2) is 34.5 Å². The SMILES string of the molecule is CNS(=O)(=O)c1ccc(C(=O)NCc2ccc(C(F)(F)F)cc2F)s1. The van der Waals surface area contributed by atoms with Gasteiger partial charge in [0.05, 0.1) is 10.4 Å². The van der Waals surface area contributed by atoms with Gasteiger partial charge in [-0.25, -0.2) is 17.5 Å². The summed E-state index contributed by atoms with van der Waals surface area (Å²) in [5, 5.41) is 2.33. The van der Waals surface area contributed by atoms with Crippen LogP contribution in [0, 0.1) is 5.82 Å². The summed E-state index contributed by atoms with van der Waals surface area (Å²) in [6, 6.07) is 4.53. The third-order valence-electron chi connectivity index (χ3n) is 3.16. The Morgan fingerprint density at radius 2 is 1.88 bits per heavy atom. The number of nitrogens with one attached hydrogen (secondary N) is 2. The summed E-state index contributed by atoms with van der Waals surface area (Å²) in [4.78, 5) is 12.0. The molecule has 0 aliphatic carbocycles. The Morgan fingerprint density at radius 3 is 2.44 bits per heavy atom. The normalized spacial score (nSPS) is 12.2. The van der Waals surface area contributed by atoms with E-state index in [-0.39, 0.29) is 21.2 Å². The van der Waals surface area contributed by atoms with Gasteiger partial charge in [0, 0.05) is 12.1 Å². The van der Waals surface area contributed by atoms with Crippen LogP contribution in [-0.4, -0.2) is 21.4 Å². The van der Waals surface area contributed by atoms with Crippen molar-refractivity contribution < 1.29 is 30.8 Å². The number of halogens is 4. The number of alkyl halides is 3. The lowest BCUT2D eigenvalue weighted by Gasteiger charge is -2.09. The zero-order chi connectivity index (χ0) is 18.8. The van der Waals surface area contributed by atoms with Gasteiger partial charge in [0.1, 0.15) is 10.0 Å². The van der Waals surface area contributed by atoms with Crippen molar-refractivity contribution in [3.8, 4) is 0 Å². The summed E-state index contributed by atoms with van der Waals surface area (Å²) in [7, 11) is -2.46. The van der Waals surface area contributed by atoms with E-state index >= 15 is 0 Å². The number of rotatable bonds is 5. The van der Waals surface area contributed by atoms with Crippen molar-refractivity contribution in [3.63, 3.8) is 0 Å². The van der Waals surface area contributed by atoms with Crippen molar-refractivity contribution in [2.24, 2.45) is 0 Å². The number of sulfonamides is 1. The fraction of sp³-hybridized carbons (Fsp3) is 0.214. The summed E-state index contributed by atoms with van der Waals surface area (Å²) < 4.78 is 76.4. The summed E-state index contributed by atoms with van der Waals surface area (Å²) in [6.45, 7) is -0.338. The molecule has 0 spiro atoms. The van der Waals surface area contributed by atoms with Gasteiger partial charge in [0.15, 0.2) is 0 Å². The highest BCUT2D eigenvalue weighted by Crippen LogP contribution is 2.30. The maximum atomic E-state index is 13.7. The van der Waals surface area contributed by atoms with Crippen LogP contribution < -0.4 is 10.0 Å². The van der Waals surface area contributed by atoms with E-state index in [1.54, 1.807) is 0 Å². The number of carbonyl (C=O) groups is 1. The molecule has 0 saturated heterocycles. The first-order chi connectivity index (χ1) is 11.5. The second kappa shape index (κ2) is 7.10. The summed E-state index contributed by atoms with van der Waals surface area (Å²) >= 11 is 0.713. The molecule has 2 rings (SSSR count). The van der Waals surface area contributed by atoms with Gasteiger partial charge < -0.3 is 5.32 Å². The minimum Gasteiger partial charge on any atom is -0.347 e. The fourth-order valence-electron chi connectivity index (χ4n) is 1.82. The van der Waals surface area contributed by atoms with Crippen molar-refractivity contribution in [2.45, 2.75) is 16.9 Å². The lowest BCUT2D eigenvalue weighted by atomic mass is 10.1. The van der Waals surface area contributed by atoms with Gasteiger partial charge in [0.25, 0.3) is 5.91 Å². The Balaban J connectivity index is 2.08. The molecule has 2 N–H and O–H groups in total. The Bertz CT molecular complexity index is 892. The van der Waals surface area contributed by atoms with Crippen LogP contribution in [0.4, 0.5) is 17.6 Å². The van der Waals surface area contributed by atoms with Gasteiger partial charge in [-0.2, -0.15) is 13.2 Å². The molecule has 0 atom stereocenters. The number of benzene rings is 1. The van der Waals surface area contributed by atoms with Crippen LogP contribution in [0.25, 0.3) is 0 Å². The largest absolute Gasteiger partial charge is 0.416 e. The number of hydrogen-bond acceptors (Lipinski definition) is 4. The minimum atomic E-state index is -4.66. The fourth-order valence-corrected chi connectivity index (χ4v) is 3.88. The van der Waals surface area contributed by atoms with E-state index in [2.05, 4.69) is 10.0 Å². The first-order valence-electron chi connectivity index (χ1n) is 6.72. The molecule has 11 heteroatoms. The molecule has 0 unspecified atom stereocenters. The monoisotopic (exact) mass is 396 g/mol. The predicted octanol–water partition coefficient (Wildman–Crippen LogP) is 2.74. The standard InChI is InChI=1S/C14H12F4N2O3S2/c1-19-25(22,23)12-5-4-11(24-12)13(21)20-7-8-2-3-9(6-10(8)15)14(16,17)18/h2-6,19H,7H2,1H3,(H,20,21). The van der Waals surface area contributed by atoms with E-state index in [0.717, 1.165) is 6.07 Å². The number of carbonyl (C=O) groups excluding carboxylic acids is 1. The number of thiophene rings is 1. The molecule has 0 bridgehead atoms. The quantitative estimate of drug-likeness (QED) is 0.764. The Labute approximate surface area is 144 Å². The molecular weight excluding hydrogens is 384 g/mol. The van der Waals surface area contributed by atoms with Gasteiger partial charge in [-0.3, -0.25) is 4.79 Å². The van der Waals surface area contributed by atoms with Gasteiger partial charge in [-0.15, -0.1) is 11.3 Å².